The van der Waals surface area contributed by atoms with E-state index in [0.717, 1.165) is 11.5 Å². The van der Waals surface area contributed by atoms with Gasteiger partial charge in [-0.2, -0.15) is 0 Å². The molecule has 2 aromatic carbocycles. The molecule has 0 bridgehead atoms. The Hall–Kier alpha value is -0.750. The highest BCUT2D eigenvalue weighted by atomic mass is 127. The molecular weight excluding hydrogens is 431 g/mol. The largest absolute Gasteiger partial charge is 1.00 e. The molecule has 0 saturated carbocycles. The summed E-state index contributed by atoms with van der Waals surface area (Å²) in [4.78, 5) is 0. The van der Waals surface area contributed by atoms with Gasteiger partial charge >= 0.3 is 21.2 Å². The lowest BCUT2D eigenvalue weighted by atomic mass is 10.3. The summed E-state index contributed by atoms with van der Waals surface area (Å²) >= 11 is -0.128. The lowest BCUT2D eigenvalue weighted by molar-refractivity contribution is -0.597. The zero-order chi connectivity index (χ0) is 13.5. The molecule has 2 nitrogen and oxygen atoms in total. The first kappa shape index (κ1) is 17.3. The van der Waals surface area contributed by atoms with Crippen molar-refractivity contribution in [3.8, 4) is 11.5 Å². The maximum Gasteiger partial charge on any atom is 0.357 e. The van der Waals surface area contributed by atoms with Crippen molar-refractivity contribution in [2.75, 3.05) is 13.2 Å². The van der Waals surface area contributed by atoms with Gasteiger partial charge in [0.25, 0.3) is 0 Å². The van der Waals surface area contributed by atoms with E-state index in [-0.39, 0.29) is 38.2 Å². The normalized spacial score (nSPS) is 9.70. The standard InChI is InChI=1S/C16H18IO2.BrH/c1-3-18-15-9-5-13(6-10-15)17-14-7-11-16(12-8-14)19-4-2;/h5-12H,3-4H2,1-2H3;1H/q+1;/p-1. The van der Waals surface area contributed by atoms with Crippen LogP contribution in [0.25, 0.3) is 0 Å². The highest BCUT2D eigenvalue weighted by Gasteiger charge is 2.15. The molecule has 0 fully saturated rings. The van der Waals surface area contributed by atoms with Crippen LogP contribution in [0.3, 0.4) is 0 Å². The second-order valence-corrected chi connectivity index (χ2v) is 6.90. The monoisotopic (exact) mass is 448 g/mol. The third-order valence-electron chi connectivity index (χ3n) is 2.47. The van der Waals surface area contributed by atoms with Crippen molar-refractivity contribution < 1.29 is 47.7 Å². The Bertz CT molecular complexity index is 449. The van der Waals surface area contributed by atoms with Crippen LogP contribution in [0, 0.1) is 7.14 Å². The second kappa shape index (κ2) is 9.23. The minimum absolute atomic E-state index is 0. The Kier molecular flexibility index (Phi) is 7.99. The predicted molar refractivity (Wildman–Crippen MR) is 72.6 cm³/mol. The molecule has 0 N–H and O–H groups in total. The number of rotatable bonds is 6. The summed E-state index contributed by atoms with van der Waals surface area (Å²) < 4.78 is 13.7. The van der Waals surface area contributed by atoms with Gasteiger partial charge in [0.15, 0.2) is 7.14 Å². The van der Waals surface area contributed by atoms with Crippen molar-refractivity contribution in [1.82, 2.24) is 0 Å². The topological polar surface area (TPSA) is 18.5 Å². The Labute approximate surface area is 141 Å². The van der Waals surface area contributed by atoms with Crippen LogP contribution in [0.2, 0.25) is 0 Å². The number of hydrogen-bond donors (Lipinski definition) is 0. The molecule has 0 aliphatic carbocycles. The molecule has 0 unspecified atom stereocenters. The first-order chi connectivity index (χ1) is 9.31. The van der Waals surface area contributed by atoms with Crippen molar-refractivity contribution in [2.24, 2.45) is 0 Å². The van der Waals surface area contributed by atoms with Crippen LogP contribution in [0.4, 0.5) is 0 Å². The van der Waals surface area contributed by atoms with E-state index >= 15 is 0 Å². The minimum Gasteiger partial charge on any atom is -1.00 e. The predicted octanol–water partition coefficient (Wildman–Crippen LogP) is -2.38. The van der Waals surface area contributed by atoms with Gasteiger partial charge in [-0.1, -0.05) is 0 Å². The maximum atomic E-state index is 5.45. The number of ether oxygens (including phenoxy) is 2. The van der Waals surface area contributed by atoms with Gasteiger partial charge in [-0.25, -0.2) is 0 Å². The summed E-state index contributed by atoms with van der Waals surface area (Å²) in [5.74, 6) is 1.89. The van der Waals surface area contributed by atoms with Crippen LogP contribution in [0.1, 0.15) is 13.8 Å². The molecule has 4 heteroatoms. The van der Waals surface area contributed by atoms with Crippen LogP contribution < -0.4 is 47.7 Å². The SMILES string of the molecule is CCOc1ccc([I+]c2ccc(OCC)cc2)cc1.[Br-]. The number of hydrogen-bond acceptors (Lipinski definition) is 2. The highest BCUT2D eigenvalue weighted by molar-refractivity contribution is 5.22. The van der Waals surface area contributed by atoms with E-state index in [0.29, 0.717) is 13.2 Å². The molecule has 0 radical (unpaired) electrons. The fourth-order valence-electron chi connectivity index (χ4n) is 1.65. The molecule has 0 aliphatic rings. The van der Waals surface area contributed by atoms with E-state index in [4.69, 9.17) is 9.47 Å². The van der Waals surface area contributed by atoms with E-state index in [1.807, 2.05) is 38.1 Å². The average molecular weight is 449 g/mol. The van der Waals surface area contributed by atoms with Crippen LogP contribution in [-0.2, 0) is 0 Å². The van der Waals surface area contributed by atoms with E-state index < -0.39 is 0 Å². The first-order valence-electron chi connectivity index (χ1n) is 6.42. The molecule has 0 heterocycles. The van der Waals surface area contributed by atoms with Crippen LogP contribution in [0.5, 0.6) is 11.5 Å². The zero-order valence-corrected chi connectivity index (χ0v) is 15.3. The van der Waals surface area contributed by atoms with Gasteiger partial charge in [-0.3, -0.25) is 0 Å². The van der Waals surface area contributed by atoms with Crippen molar-refractivity contribution in [2.45, 2.75) is 13.8 Å². The van der Waals surface area contributed by atoms with Crippen molar-refractivity contribution in [1.29, 1.82) is 0 Å². The fourth-order valence-corrected chi connectivity index (χ4v) is 3.80. The number of halogens is 2. The number of benzene rings is 2. The van der Waals surface area contributed by atoms with E-state index in [2.05, 4.69) is 24.3 Å². The molecule has 0 saturated heterocycles. The van der Waals surface area contributed by atoms with Crippen molar-refractivity contribution >= 4 is 0 Å². The third-order valence-corrected chi connectivity index (χ3v) is 5.15. The van der Waals surface area contributed by atoms with Gasteiger partial charge in [0.2, 0.25) is 0 Å². The molecule has 0 spiro atoms. The Morgan fingerprint density at radius 2 is 1.05 bits per heavy atom. The van der Waals surface area contributed by atoms with Gasteiger partial charge < -0.3 is 26.5 Å². The fraction of sp³-hybridized carbons (Fsp3) is 0.250. The summed E-state index contributed by atoms with van der Waals surface area (Å²) in [6.07, 6.45) is 0. The summed E-state index contributed by atoms with van der Waals surface area (Å²) in [5.41, 5.74) is 0. The average Bonchev–Trinajstić information content (AvgIpc) is 2.44. The summed E-state index contributed by atoms with van der Waals surface area (Å²) in [6, 6.07) is 16.8. The molecule has 2 aromatic rings. The van der Waals surface area contributed by atoms with Gasteiger partial charge in [-0.05, 0) is 62.4 Å². The van der Waals surface area contributed by atoms with E-state index in [1.165, 1.54) is 7.14 Å². The van der Waals surface area contributed by atoms with E-state index in [1.54, 1.807) is 0 Å². The zero-order valence-electron chi connectivity index (χ0n) is 11.6. The Morgan fingerprint density at radius 1 is 0.700 bits per heavy atom. The maximum absolute atomic E-state index is 5.45. The van der Waals surface area contributed by atoms with Gasteiger partial charge in [0, 0.05) is 0 Å². The van der Waals surface area contributed by atoms with Crippen LogP contribution in [-0.4, -0.2) is 13.2 Å². The van der Waals surface area contributed by atoms with Crippen molar-refractivity contribution in [3.05, 3.63) is 55.7 Å². The highest BCUT2D eigenvalue weighted by Crippen LogP contribution is 2.09. The minimum atomic E-state index is -0.128. The molecule has 0 atom stereocenters. The first-order valence-corrected chi connectivity index (χ1v) is 8.58. The van der Waals surface area contributed by atoms with Crippen LogP contribution >= 0.6 is 0 Å². The molecule has 0 amide bonds. The third kappa shape index (κ3) is 5.32. The molecule has 2 rings (SSSR count). The lowest BCUT2D eigenvalue weighted by Gasteiger charge is -2.01. The quantitative estimate of drug-likeness (QED) is 0.459. The van der Waals surface area contributed by atoms with Gasteiger partial charge in [0.05, 0.1) is 13.2 Å². The van der Waals surface area contributed by atoms with Gasteiger partial charge in [-0.15, -0.1) is 0 Å². The molecule has 108 valence electrons. The molecule has 0 aliphatic heterocycles. The smallest absolute Gasteiger partial charge is 0.357 e. The van der Waals surface area contributed by atoms with Crippen LogP contribution in [0.15, 0.2) is 48.5 Å². The second-order valence-electron chi connectivity index (χ2n) is 3.87. The Balaban J connectivity index is 0.00000200. The molecule has 0 aromatic heterocycles. The lowest BCUT2D eigenvalue weighted by Crippen LogP contribution is -3.61. The molecular formula is C16H18BrIO2. The van der Waals surface area contributed by atoms with E-state index in [9.17, 15) is 0 Å². The summed E-state index contributed by atoms with van der Waals surface area (Å²) in [6.45, 7) is 5.43. The van der Waals surface area contributed by atoms with Gasteiger partial charge in [0.1, 0.15) is 11.5 Å². The van der Waals surface area contributed by atoms with Crippen molar-refractivity contribution in [3.63, 3.8) is 0 Å². The Morgan fingerprint density at radius 3 is 1.35 bits per heavy atom. The summed E-state index contributed by atoms with van der Waals surface area (Å²) in [7, 11) is 0. The summed E-state index contributed by atoms with van der Waals surface area (Å²) in [5, 5.41) is 0. The molecule has 20 heavy (non-hydrogen) atoms.